The topological polar surface area (TPSA) is 101 Å². The van der Waals surface area contributed by atoms with Gasteiger partial charge in [-0.25, -0.2) is 9.59 Å². The van der Waals surface area contributed by atoms with Gasteiger partial charge < -0.3 is 38.5 Å². The maximum atomic E-state index is 14.1. The number of halogens is 1. The third kappa shape index (κ3) is 11.4. The van der Waals surface area contributed by atoms with E-state index in [0.29, 0.717) is 93.4 Å². The van der Waals surface area contributed by atoms with Gasteiger partial charge in [0.15, 0.2) is 0 Å². The van der Waals surface area contributed by atoms with Gasteiger partial charge >= 0.3 is 12.2 Å². The van der Waals surface area contributed by atoms with Crippen LogP contribution in [0.5, 0.6) is 11.5 Å². The zero-order chi connectivity index (χ0) is 42.0. The van der Waals surface area contributed by atoms with Gasteiger partial charge in [0.2, 0.25) is 0 Å². The monoisotopic (exact) mass is 822 g/mol. The summed E-state index contributed by atoms with van der Waals surface area (Å²) < 4.78 is 24.4. The summed E-state index contributed by atoms with van der Waals surface area (Å²) in [6, 6.07) is 11.8. The van der Waals surface area contributed by atoms with Crippen molar-refractivity contribution in [2.24, 2.45) is 11.3 Å². The van der Waals surface area contributed by atoms with Crippen molar-refractivity contribution in [1.29, 1.82) is 0 Å². The molecule has 320 valence electrons. The fourth-order valence-corrected chi connectivity index (χ4v) is 8.83. The molecule has 4 aliphatic rings. The first-order valence-electron chi connectivity index (χ1n) is 21.5. The Balaban J connectivity index is 1.07. The number of carbonyl (C=O) groups is 3. The van der Waals surface area contributed by atoms with Gasteiger partial charge in [-0.3, -0.25) is 4.79 Å². The lowest BCUT2D eigenvalue weighted by molar-refractivity contribution is 0.0237. The molecule has 0 unspecified atom stereocenters. The van der Waals surface area contributed by atoms with E-state index in [9.17, 15) is 14.4 Å². The fourth-order valence-electron chi connectivity index (χ4n) is 8.67. The molecule has 4 fully saturated rings. The first-order valence-corrected chi connectivity index (χ1v) is 21.9. The van der Waals surface area contributed by atoms with Crippen LogP contribution in [0.15, 0.2) is 36.4 Å². The lowest BCUT2D eigenvalue weighted by Crippen LogP contribution is -2.50. The number of anilines is 1. The van der Waals surface area contributed by atoms with Crippen LogP contribution in [0.2, 0.25) is 5.02 Å². The minimum Gasteiger partial charge on any atom is -0.489 e. The smallest absolute Gasteiger partial charge is 0.410 e. The second-order valence-corrected chi connectivity index (χ2v) is 20.2. The summed E-state index contributed by atoms with van der Waals surface area (Å²) in [4.78, 5) is 47.1. The van der Waals surface area contributed by atoms with Gasteiger partial charge in [-0.2, -0.15) is 0 Å². The van der Waals surface area contributed by atoms with Crippen molar-refractivity contribution in [2.45, 2.75) is 137 Å². The Kier molecular flexibility index (Phi) is 13.4. The van der Waals surface area contributed by atoms with Gasteiger partial charge in [-0.1, -0.05) is 32.4 Å². The van der Waals surface area contributed by atoms with Crippen molar-refractivity contribution in [1.82, 2.24) is 14.7 Å². The summed E-state index contributed by atoms with van der Waals surface area (Å²) in [6.07, 6.45) is 5.73. The van der Waals surface area contributed by atoms with E-state index in [1.165, 1.54) is 0 Å². The van der Waals surface area contributed by atoms with Gasteiger partial charge in [0.25, 0.3) is 5.91 Å². The Morgan fingerprint density at radius 3 is 1.78 bits per heavy atom. The first-order chi connectivity index (χ1) is 27.2. The third-order valence-corrected chi connectivity index (χ3v) is 12.3. The predicted octanol–water partition coefficient (Wildman–Crippen LogP) is 9.79. The van der Waals surface area contributed by atoms with Crippen LogP contribution in [0, 0.1) is 11.3 Å². The van der Waals surface area contributed by atoms with E-state index in [1.807, 2.05) is 76.8 Å². The number of hydrogen-bond donors (Lipinski definition) is 0. The highest BCUT2D eigenvalue weighted by Gasteiger charge is 2.35. The zero-order valence-electron chi connectivity index (χ0n) is 36.4. The largest absolute Gasteiger partial charge is 0.489 e. The molecule has 3 saturated heterocycles. The van der Waals surface area contributed by atoms with Crippen LogP contribution >= 0.6 is 11.6 Å². The second kappa shape index (κ2) is 17.8. The molecule has 2 aromatic carbocycles. The summed E-state index contributed by atoms with van der Waals surface area (Å²) in [5, 5.41) is 0.552. The van der Waals surface area contributed by atoms with Gasteiger partial charge in [0.05, 0.1) is 11.6 Å². The molecule has 3 heterocycles. The van der Waals surface area contributed by atoms with Gasteiger partial charge in [-0.15, -0.1) is 0 Å². The number of piperazine rings is 1. The van der Waals surface area contributed by atoms with Crippen LogP contribution in [-0.4, -0.2) is 109 Å². The molecule has 6 rings (SSSR count). The zero-order valence-corrected chi connectivity index (χ0v) is 37.2. The summed E-state index contributed by atoms with van der Waals surface area (Å²) >= 11 is 6.65. The van der Waals surface area contributed by atoms with Crippen LogP contribution < -0.4 is 14.4 Å². The lowest BCUT2D eigenvalue weighted by Gasteiger charge is -2.37. The molecule has 3 amide bonds. The molecular formula is C46H67ClN4O7. The molecule has 2 aromatic rings. The fraction of sp³-hybridized carbons (Fsp3) is 0.674. The standard InChI is InChI=1S/C46H67ClN4O7/c1-44(2,3)33-13-10-31(11-14-33)37-28-32(12-17-39(37)56-36-20-23-51(30-36)43(54)58-46(7,8)9)41(52)49-21-18-35(19-22-49)55-40-29-34(15-16-38(40)47)48-24-26-50(27-25-48)42(53)57-45(4,5)6/h12,15-17,28-29,31,33,35-36H,10-11,13-14,18-27,30H2,1-9H3/t31-,33-,36-/m0/s1. The SMILES string of the molecule is CC(C)(C)OC(=O)N1CCN(c2ccc(Cl)c(OC3CCN(C(=O)c4ccc(O[C@H]5CCN(C(=O)OC(C)(C)C)C5)c([C@H]5CC[C@H](C(C)(C)C)CC5)c4)CC3)c2)CC1. The second-order valence-electron chi connectivity index (χ2n) is 19.8. The van der Waals surface area contributed by atoms with Crippen LogP contribution in [-0.2, 0) is 9.47 Å². The van der Waals surface area contributed by atoms with Crippen LogP contribution in [0.25, 0.3) is 0 Å². The number of piperidine rings is 1. The molecule has 1 aliphatic carbocycles. The Morgan fingerprint density at radius 2 is 1.17 bits per heavy atom. The molecule has 0 spiro atoms. The van der Waals surface area contributed by atoms with Gasteiger partial charge in [0, 0.05) is 82.4 Å². The minimum atomic E-state index is -0.552. The van der Waals surface area contributed by atoms with E-state index >= 15 is 0 Å². The highest BCUT2D eigenvalue weighted by molar-refractivity contribution is 6.32. The molecule has 11 nitrogen and oxygen atoms in total. The Hall–Kier alpha value is -3.86. The normalized spacial score (nSPS) is 22.5. The molecule has 0 N–H and O–H groups in total. The predicted molar refractivity (Wildman–Crippen MR) is 228 cm³/mol. The van der Waals surface area contributed by atoms with E-state index in [2.05, 4.69) is 31.7 Å². The number of likely N-dealkylation sites (tertiary alicyclic amines) is 2. The number of benzene rings is 2. The van der Waals surface area contributed by atoms with Crippen molar-refractivity contribution >= 4 is 35.4 Å². The lowest BCUT2D eigenvalue weighted by atomic mass is 9.68. The Morgan fingerprint density at radius 1 is 0.603 bits per heavy atom. The highest BCUT2D eigenvalue weighted by Crippen LogP contribution is 2.46. The quantitative estimate of drug-likeness (QED) is 0.272. The molecule has 1 atom stereocenters. The maximum absolute atomic E-state index is 14.1. The third-order valence-electron chi connectivity index (χ3n) is 12.0. The Labute approximate surface area is 351 Å². The van der Waals surface area contributed by atoms with Crippen LogP contribution in [0.1, 0.15) is 129 Å². The Bertz CT molecular complexity index is 1760. The van der Waals surface area contributed by atoms with Crippen molar-refractivity contribution in [3.8, 4) is 11.5 Å². The first kappa shape index (κ1) is 43.7. The van der Waals surface area contributed by atoms with Crippen LogP contribution in [0.3, 0.4) is 0 Å². The summed E-state index contributed by atoms with van der Waals surface area (Å²) in [5.41, 5.74) is 1.98. The van der Waals surface area contributed by atoms with E-state index in [-0.39, 0.29) is 35.7 Å². The van der Waals surface area contributed by atoms with E-state index in [0.717, 1.165) is 49.1 Å². The molecule has 0 aromatic heterocycles. The highest BCUT2D eigenvalue weighted by atomic mass is 35.5. The summed E-state index contributed by atoms with van der Waals surface area (Å²) in [6.45, 7) is 23.0. The van der Waals surface area contributed by atoms with Crippen molar-refractivity contribution < 1.29 is 33.3 Å². The van der Waals surface area contributed by atoms with Crippen molar-refractivity contribution in [2.75, 3.05) is 57.3 Å². The average molecular weight is 824 g/mol. The van der Waals surface area contributed by atoms with Crippen LogP contribution in [0.4, 0.5) is 15.3 Å². The molecule has 0 radical (unpaired) electrons. The van der Waals surface area contributed by atoms with E-state index in [1.54, 1.807) is 9.80 Å². The molecule has 58 heavy (non-hydrogen) atoms. The maximum Gasteiger partial charge on any atom is 0.410 e. The summed E-state index contributed by atoms with van der Waals surface area (Å²) in [7, 11) is 0. The number of amides is 3. The minimum absolute atomic E-state index is 0.0251. The van der Waals surface area contributed by atoms with E-state index in [4.69, 9.17) is 30.5 Å². The van der Waals surface area contributed by atoms with Crippen molar-refractivity contribution in [3.05, 3.63) is 52.5 Å². The number of ether oxygens (including phenoxy) is 4. The average Bonchev–Trinajstić information content (AvgIpc) is 3.63. The molecule has 3 aliphatic heterocycles. The molecule has 1 saturated carbocycles. The number of carbonyl (C=O) groups excluding carboxylic acids is 3. The number of nitrogens with zero attached hydrogens (tertiary/aromatic N) is 4. The number of rotatable bonds is 7. The molecular weight excluding hydrogens is 756 g/mol. The molecule has 12 heteroatoms. The van der Waals surface area contributed by atoms with Crippen molar-refractivity contribution in [3.63, 3.8) is 0 Å². The summed E-state index contributed by atoms with van der Waals surface area (Å²) in [5.74, 6) is 2.45. The van der Waals surface area contributed by atoms with Gasteiger partial charge in [0.1, 0.15) is 34.9 Å². The molecule has 0 bridgehead atoms. The van der Waals surface area contributed by atoms with Gasteiger partial charge in [-0.05, 0) is 120 Å². The number of hydrogen-bond acceptors (Lipinski definition) is 8. The van der Waals surface area contributed by atoms with E-state index < -0.39 is 11.2 Å².